The first kappa shape index (κ1) is 11.7. The second-order valence-electron chi connectivity index (χ2n) is 4.42. The molecule has 0 saturated heterocycles. The van der Waals surface area contributed by atoms with E-state index in [4.69, 9.17) is 4.42 Å². The van der Waals surface area contributed by atoms with Gasteiger partial charge in [-0.25, -0.2) is 4.98 Å². The molecule has 4 aromatic rings. The summed E-state index contributed by atoms with van der Waals surface area (Å²) < 4.78 is 5.47. The molecule has 21 heavy (non-hydrogen) atoms. The highest BCUT2D eigenvalue weighted by molar-refractivity contribution is 5.92. The molecule has 0 unspecified atom stereocenters. The SMILES string of the molecule is [c]1nccc(-c2nccc3ncoc23)c1-c1ccccn1. The van der Waals surface area contributed by atoms with E-state index in [-0.39, 0.29) is 0 Å². The van der Waals surface area contributed by atoms with Crippen molar-refractivity contribution in [2.45, 2.75) is 0 Å². The predicted molar refractivity (Wildman–Crippen MR) is 77.1 cm³/mol. The molecule has 0 atom stereocenters. The smallest absolute Gasteiger partial charge is 0.182 e. The van der Waals surface area contributed by atoms with Crippen LogP contribution in [0.2, 0.25) is 0 Å². The van der Waals surface area contributed by atoms with Crippen LogP contribution in [0.5, 0.6) is 0 Å². The Kier molecular flexibility index (Phi) is 2.67. The zero-order chi connectivity index (χ0) is 14.1. The number of pyridine rings is 3. The quantitative estimate of drug-likeness (QED) is 0.561. The monoisotopic (exact) mass is 273 g/mol. The summed E-state index contributed by atoms with van der Waals surface area (Å²) in [5, 5.41) is 0. The number of hydrogen-bond donors (Lipinski definition) is 0. The van der Waals surface area contributed by atoms with Crippen molar-refractivity contribution in [2.75, 3.05) is 0 Å². The lowest BCUT2D eigenvalue weighted by molar-refractivity contribution is 0.602. The Labute approximate surface area is 120 Å². The summed E-state index contributed by atoms with van der Waals surface area (Å²) >= 11 is 0. The maximum Gasteiger partial charge on any atom is 0.182 e. The minimum Gasteiger partial charge on any atom is -0.441 e. The fraction of sp³-hybridized carbons (Fsp3) is 0. The van der Waals surface area contributed by atoms with E-state index in [1.807, 2.05) is 30.3 Å². The molecule has 0 bridgehead atoms. The van der Waals surface area contributed by atoms with Gasteiger partial charge in [0.15, 0.2) is 12.0 Å². The third-order valence-electron chi connectivity index (χ3n) is 3.18. The number of aromatic nitrogens is 4. The highest BCUT2D eigenvalue weighted by Crippen LogP contribution is 2.32. The largest absolute Gasteiger partial charge is 0.441 e. The Morgan fingerprint density at radius 1 is 0.905 bits per heavy atom. The lowest BCUT2D eigenvalue weighted by atomic mass is 10.0. The summed E-state index contributed by atoms with van der Waals surface area (Å²) in [6, 6.07) is 9.40. The fourth-order valence-electron chi connectivity index (χ4n) is 2.24. The molecule has 5 nitrogen and oxygen atoms in total. The lowest BCUT2D eigenvalue weighted by Crippen LogP contribution is -1.92. The standard InChI is InChI=1S/C16H9N4O/c1-2-6-18-13(3-1)12-9-17-7-4-11(12)15-16-14(5-8-19-15)20-10-21-16/h1-8,10H. The number of fused-ring (bicyclic) bond motifs is 1. The molecule has 0 amide bonds. The van der Waals surface area contributed by atoms with E-state index in [0.717, 1.165) is 22.3 Å². The third-order valence-corrected chi connectivity index (χ3v) is 3.18. The van der Waals surface area contributed by atoms with Gasteiger partial charge < -0.3 is 4.42 Å². The van der Waals surface area contributed by atoms with Gasteiger partial charge in [-0.15, -0.1) is 0 Å². The molecule has 0 aliphatic rings. The summed E-state index contributed by atoms with van der Waals surface area (Å²) in [5.41, 5.74) is 4.57. The average molecular weight is 273 g/mol. The first-order valence-corrected chi connectivity index (χ1v) is 6.40. The van der Waals surface area contributed by atoms with Crippen LogP contribution in [0.1, 0.15) is 0 Å². The lowest BCUT2D eigenvalue weighted by Gasteiger charge is -2.07. The van der Waals surface area contributed by atoms with Crippen LogP contribution in [-0.2, 0) is 0 Å². The second-order valence-corrected chi connectivity index (χ2v) is 4.42. The highest BCUT2D eigenvalue weighted by atomic mass is 16.3. The van der Waals surface area contributed by atoms with Gasteiger partial charge >= 0.3 is 0 Å². The first-order valence-electron chi connectivity index (χ1n) is 6.40. The van der Waals surface area contributed by atoms with Crippen LogP contribution in [0.25, 0.3) is 33.6 Å². The fourth-order valence-corrected chi connectivity index (χ4v) is 2.24. The van der Waals surface area contributed by atoms with E-state index in [0.29, 0.717) is 11.3 Å². The zero-order valence-electron chi connectivity index (χ0n) is 10.9. The molecule has 0 aliphatic carbocycles. The normalized spacial score (nSPS) is 10.9. The molecule has 0 spiro atoms. The molecule has 4 rings (SSSR count). The first-order chi connectivity index (χ1) is 10.4. The van der Waals surface area contributed by atoms with Crippen molar-refractivity contribution in [3.8, 4) is 22.5 Å². The zero-order valence-corrected chi connectivity index (χ0v) is 10.9. The van der Waals surface area contributed by atoms with Crippen molar-refractivity contribution < 1.29 is 4.42 Å². The molecule has 4 aromatic heterocycles. The van der Waals surface area contributed by atoms with E-state index in [9.17, 15) is 0 Å². The Morgan fingerprint density at radius 2 is 1.90 bits per heavy atom. The number of oxazole rings is 1. The van der Waals surface area contributed by atoms with Crippen LogP contribution in [-0.4, -0.2) is 19.9 Å². The van der Waals surface area contributed by atoms with E-state index in [1.165, 1.54) is 6.39 Å². The highest BCUT2D eigenvalue weighted by Gasteiger charge is 2.15. The van der Waals surface area contributed by atoms with E-state index in [1.54, 1.807) is 18.6 Å². The van der Waals surface area contributed by atoms with Gasteiger partial charge in [-0.05, 0) is 24.3 Å². The topological polar surface area (TPSA) is 64.7 Å². The molecule has 4 heterocycles. The minimum atomic E-state index is 0.647. The van der Waals surface area contributed by atoms with Gasteiger partial charge in [-0.1, -0.05) is 6.07 Å². The Balaban J connectivity index is 2.00. The molecule has 0 fully saturated rings. The van der Waals surface area contributed by atoms with Crippen molar-refractivity contribution in [3.63, 3.8) is 0 Å². The van der Waals surface area contributed by atoms with Gasteiger partial charge in [0.2, 0.25) is 0 Å². The maximum absolute atomic E-state index is 5.47. The summed E-state index contributed by atoms with van der Waals surface area (Å²) in [6.45, 7) is 0. The molecule has 0 aromatic carbocycles. The maximum atomic E-state index is 5.47. The molecular formula is C16H9N4O. The molecule has 0 aliphatic heterocycles. The van der Waals surface area contributed by atoms with Crippen LogP contribution in [0.15, 0.2) is 59.7 Å². The Bertz CT molecular complexity index is 902. The molecule has 99 valence electrons. The van der Waals surface area contributed by atoms with Gasteiger partial charge in [0.1, 0.15) is 11.2 Å². The van der Waals surface area contributed by atoms with Crippen LogP contribution in [0, 0.1) is 6.20 Å². The number of rotatable bonds is 2. The van der Waals surface area contributed by atoms with E-state index in [2.05, 4.69) is 26.1 Å². The van der Waals surface area contributed by atoms with Gasteiger partial charge in [-0.3, -0.25) is 15.0 Å². The molecule has 0 saturated carbocycles. The van der Waals surface area contributed by atoms with Crippen LogP contribution in [0.3, 0.4) is 0 Å². The molecule has 0 N–H and O–H groups in total. The molecule has 1 radical (unpaired) electrons. The van der Waals surface area contributed by atoms with Gasteiger partial charge in [-0.2, -0.15) is 0 Å². The van der Waals surface area contributed by atoms with Crippen LogP contribution in [0.4, 0.5) is 0 Å². The van der Waals surface area contributed by atoms with E-state index >= 15 is 0 Å². The van der Waals surface area contributed by atoms with Crippen molar-refractivity contribution in [1.82, 2.24) is 19.9 Å². The molecule has 5 heteroatoms. The Morgan fingerprint density at radius 3 is 2.81 bits per heavy atom. The average Bonchev–Trinajstić information content (AvgIpc) is 3.04. The van der Waals surface area contributed by atoms with Gasteiger partial charge in [0.05, 0.1) is 11.9 Å². The van der Waals surface area contributed by atoms with Crippen LogP contribution >= 0.6 is 0 Å². The van der Waals surface area contributed by atoms with Crippen molar-refractivity contribution in [1.29, 1.82) is 0 Å². The predicted octanol–water partition coefficient (Wildman–Crippen LogP) is 3.15. The van der Waals surface area contributed by atoms with E-state index < -0.39 is 0 Å². The molecular weight excluding hydrogens is 264 g/mol. The van der Waals surface area contributed by atoms with Crippen LogP contribution < -0.4 is 0 Å². The number of nitrogens with zero attached hydrogens (tertiary/aromatic N) is 4. The van der Waals surface area contributed by atoms with Crippen molar-refractivity contribution in [2.24, 2.45) is 0 Å². The summed E-state index contributed by atoms with van der Waals surface area (Å²) in [7, 11) is 0. The second kappa shape index (κ2) is 4.79. The van der Waals surface area contributed by atoms with Gasteiger partial charge in [0.25, 0.3) is 0 Å². The Hall–Kier alpha value is -3.08. The summed E-state index contributed by atoms with van der Waals surface area (Å²) in [5.74, 6) is 0. The van der Waals surface area contributed by atoms with Crippen molar-refractivity contribution in [3.05, 3.63) is 61.5 Å². The van der Waals surface area contributed by atoms with Crippen molar-refractivity contribution >= 4 is 11.1 Å². The summed E-state index contributed by atoms with van der Waals surface area (Å²) in [4.78, 5) is 17.0. The van der Waals surface area contributed by atoms with Gasteiger partial charge in [0, 0.05) is 29.7 Å². The minimum absolute atomic E-state index is 0.647. The number of hydrogen-bond acceptors (Lipinski definition) is 5. The third kappa shape index (κ3) is 1.95. The summed E-state index contributed by atoms with van der Waals surface area (Å²) in [6.07, 6.45) is 9.54.